The molecule has 28 heavy (non-hydrogen) atoms. The second-order valence-electron chi connectivity index (χ2n) is 7.36. The topological polar surface area (TPSA) is 101 Å². The standard InChI is InChI=1S/C22H32O6/c1-3-16(2)10-7-5-4-6-8-13-19(23)15-20(24)28-22(27)18-12-9-11-17(14-18)21(25)26/h9,11-12,14,16,19,23H,3-8,10,13,15H2,1-2H3,(H,25,26). The van der Waals surface area contributed by atoms with Crippen molar-refractivity contribution >= 4 is 17.9 Å². The van der Waals surface area contributed by atoms with Gasteiger partial charge in [0.2, 0.25) is 0 Å². The Bertz CT molecular complexity index is 640. The Hall–Kier alpha value is -2.21. The van der Waals surface area contributed by atoms with Crippen LogP contribution in [0.1, 0.15) is 92.4 Å². The van der Waals surface area contributed by atoms with Crippen LogP contribution in [0.2, 0.25) is 0 Å². The van der Waals surface area contributed by atoms with Crippen LogP contribution in [0, 0.1) is 5.92 Å². The molecule has 1 rings (SSSR count). The van der Waals surface area contributed by atoms with E-state index in [1.807, 2.05) is 0 Å². The largest absolute Gasteiger partial charge is 0.478 e. The van der Waals surface area contributed by atoms with Gasteiger partial charge in [-0.15, -0.1) is 0 Å². The number of carbonyl (C=O) groups is 3. The monoisotopic (exact) mass is 392 g/mol. The summed E-state index contributed by atoms with van der Waals surface area (Å²) in [6.45, 7) is 4.47. The van der Waals surface area contributed by atoms with Gasteiger partial charge >= 0.3 is 17.9 Å². The zero-order valence-corrected chi connectivity index (χ0v) is 16.9. The number of carbonyl (C=O) groups excluding carboxylic acids is 2. The van der Waals surface area contributed by atoms with Crippen LogP contribution < -0.4 is 0 Å². The molecule has 0 bridgehead atoms. The summed E-state index contributed by atoms with van der Waals surface area (Å²) < 4.78 is 4.70. The Morgan fingerprint density at radius 2 is 1.61 bits per heavy atom. The molecule has 1 aromatic rings. The number of hydrogen-bond donors (Lipinski definition) is 2. The van der Waals surface area contributed by atoms with Gasteiger partial charge < -0.3 is 14.9 Å². The number of esters is 2. The van der Waals surface area contributed by atoms with Crippen molar-refractivity contribution in [1.82, 2.24) is 0 Å². The number of benzene rings is 1. The summed E-state index contributed by atoms with van der Waals surface area (Å²) in [4.78, 5) is 34.6. The Kier molecular flexibility index (Phi) is 11.1. The highest BCUT2D eigenvalue weighted by atomic mass is 16.6. The van der Waals surface area contributed by atoms with Crippen LogP contribution in [-0.4, -0.2) is 34.2 Å². The third kappa shape index (κ3) is 9.65. The van der Waals surface area contributed by atoms with Gasteiger partial charge in [-0.25, -0.2) is 9.59 Å². The van der Waals surface area contributed by atoms with Gasteiger partial charge in [0.1, 0.15) is 0 Å². The van der Waals surface area contributed by atoms with Gasteiger partial charge in [-0.3, -0.25) is 4.79 Å². The molecule has 0 amide bonds. The van der Waals surface area contributed by atoms with E-state index in [0.717, 1.165) is 31.2 Å². The van der Waals surface area contributed by atoms with Crippen molar-refractivity contribution in [2.45, 2.75) is 77.7 Å². The van der Waals surface area contributed by atoms with Gasteiger partial charge in [0.25, 0.3) is 0 Å². The zero-order chi connectivity index (χ0) is 20.9. The molecule has 0 aliphatic rings. The van der Waals surface area contributed by atoms with Gasteiger partial charge in [-0.05, 0) is 30.5 Å². The predicted octanol–water partition coefficient (Wildman–Crippen LogP) is 4.60. The predicted molar refractivity (Wildman–Crippen MR) is 106 cm³/mol. The van der Waals surface area contributed by atoms with Crippen molar-refractivity contribution in [3.8, 4) is 0 Å². The summed E-state index contributed by atoms with van der Waals surface area (Å²) in [7, 11) is 0. The van der Waals surface area contributed by atoms with Crippen LogP contribution in [0.25, 0.3) is 0 Å². The lowest BCUT2D eigenvalue weighted by Gasteiger charge is -2.10. The Balaban J connectivity index is 2.23. The van der Waals surface area contributed by atoms with Gasteiger partial charge in [-0.1, -0.05) is 64.9 Å². The second-order valence-corrected chi connectivity index (χ2v) is 7.36. The SMILES string of the molecule is CCC(C)CCCCCCCC(O)CC(=O)OC(=O)c1cccc(C(=O)O)c1. The molecular weight excluding hydrogens is 360 g/mol. The number of aliphatic hydroxyl groups excluding tert-OH is 1. The van der Waals surface area contributed by atoms with E-state index in [9.17, 15) is 19.5 Å². The average Bonchev–Trinajstić information content (AvgIpc) is 2.66. The van der Waals surface area contributed by atoms with Gasteiger partial charge in [0, 0.05) is 0 Å². The van der Waals surface area contributed by atoms with Crippen LogP contribution in [-0.2, 0) is 9.53 Å². The number of ether oxygens (including phenoxy) is 1. The molecule has 0 spiro atoms. The number of aromatic carboxylic acids is 1. The highest BCUT2D eigenvalue weighted by Gasteiger charge is 2.18. The number of carboxylic acid groups (broad SMARTS) is 1. The number of aliphatic hydroxyl groups is 1. The summed E-state index contributed by atoms with van der Waals surface area (Å²) in [5, 5.41) is 18.9. The van der Waals surface area contributed by atoms with Crippen molar-refractivity contribution < 1.29 is 29.3 Å². The lowest BCUT2D eigenvalue weighted by Crippen LogP contribution is -2.19. The summed E-state index contributed by atoms with van der Waals surface area (Å²) in [6, 6.07) is 5.27. The highest BCUT2D eigenvalue weighted by Crippen LogP contribution is 2.15. The van der Waals surface area contributed by atoms with Gasteiger partial charge in [0.05, 0.1) is 23.7 Å². The van der Waals surface area contributed by atoms with E-state index in [4.69, 9.17) is 9.84 Å². The summed E-state index contributed by atoms with van der Waals surface area (Å²) in [5.74, 6) is -2.12. The molecule has 2 atom stereocenters. The fraction of sp³-hybridized carbons (Fsp3) is 0.591. The normalized spacial score (nSPS) is 13.0. The highest BCUT2D eigenvalue weighted by molar-refractivity contribution is 5.99. The summed E-state index contributed by atoms with van der Waals surface area (Å²) in [5.41, 5.74) is -0.0776. The van der Waals surface area contributed by atoms with Crippen molar-refractivity contribution in [2.24, 2.45) is 5.92 Å². The number of carboxylic acids is 1. The quantitative estimate of drug-likeness (QED) is 0.289. The minimum atomic E-state index is -1.17. The number of rotatable bonds is 13. The lowest BCUT2D eigenvalue weighted by atomic mass is 9.99. The molecule has 0 aromatic heterocycles. The fourth-order valence-electron chi connectivity index (χ4n) is 2.88. The van der Waals surface area contributed by atoms with Crippen molar-refractivity contribution in [2.75, 3.05) is 0 Å². The Labute approximate surface area is 166 Å². The molecule has 0 saturated heterocycles. The maximum Gasteiger partial charge on any atom is 0.345 e. The molecule has 0 aliphatic heterocycles. The molecule has 156 valence electrons. The van der Waals surface area contributed by atoms with Crippen molar-refractivity contribution in [3.05, 3.63) is 35.4 Å². The van der Waals surface area contributed by atoms with Crippen LogP contribution >= 0.6 is 0 Å². The van der Waals surface area contributed by atoms with Crippen LogP contribution in [0.15, 0.2) is 24.3 Å². The van der Waals surface area contributed by atoms with E-state index in [1.54, 1.807) is 0 Å². The van der Waals surface area contributed by atoms with E-state index in [0.29, 0.717) is 6.42 Å². The number of unbranched alkanes of at least 4 members (excludes halogenated alkanes) is 4. The third-order valence-electron chi connectivity index (χ3n) is 4.89. The fourth-order valence-corrected chi connectivity index (χ4v) is 2.88. The van der Waals surface area contributed by atoms with E-state index in [1.165, 1.54) is 43.9 Å². The average molecular weight is 392 g/mol. The Morgan fingerprint density at radius 1 is 1.00 bits per heavy atom. The summed E-state index contributed by atoms with van der Waals surface area (Å²) >= 11 is 0. The van der Waals surface area contributed by atoms with E-state index in [-0.39, 0.29) is 17.5 Å². The zero-order valence-electron chi connectivity index (χ0n) is 16.9. The molecule has 0 radical (unpaired) electrons. The van der Waals surface area contributed by atoms with Crippen LogP contribution in [0.5, 0.6) is 0 Å². The first kappa shape index (κ1) is 23.8. The maximum atomic E-state index is 11.9. The third-order valence-corrected chi connectivity index (χ3v) is 4.89. The first-order valence-electron chi connectivity index (χ1n) is 10.1. The van der Waals surface area contributed by atoms with Gasteiger partial charge in [-0.2, -0.15) is 0 Å². The molecule has 0 heterocycles. The minimum absolute atomic E-state index is 0.0138. The minimum Gasteiger partial charge on any atom is -0.478 e. The van der Waals surface area contributed by atoms with Crippen molar-refractivity contribution in [3.63, 3.8) is 0 Å². The Morgan fingerprint density at radius 3 is 2.25 bits per heavy atom. The molecule has 0 fully saturated rings. The van der Waals surface area contributed by atoms with E-state index in [2.05, 4.69) is 13.8 Å². The smallest absolute Gasteiger partial charge is 0.345 e. The van der Waals surface area contributed by atoms with Crippen molar-refractivity contribution in [1.29, 1.82) is 0 Å². The van der Waals surface area contributed by atoms with Gasteiger partial charge in [0.15, 0.2) is 0 Å². The van der Waals surface area contributed by atoms with Crippen LogP contribution in [0.3, 0.4) is 0 Å². The van der Waals surface area contributed by atoms with Crippen LogP contribution in [0.4, 0.5) is 0 Å². The molecule has 0 aliphatic carbocycles. The molecule has 2 N–H and O–H groups in total. The lowest BCUT2D eigenvalue weighted by molar-refractivity contribution is -0.140. The molecule has 6 nitrogen and oxygen atoms in total. The van der Waals surface area contributed by atoms with E-state index >= 15 is 0 Å². The molecule has 2 unspecified atom stereocenters. The first-order valence-corrected chi connectivity index (χ1v) is 10.1. The molecular formula is C22H32O6. The first-order chi connectivity index (χ1) is 13.3. The van der Waals surface area contributed by atoms with E-state index < -0.39 is 24.0 Å². The summed E-state index contributed by atoms with van der Waals surface area (Å²) in [6.07, 6.45) is 7.24. The molecule has 1 aromatic carbocycles. The number of hydrogen-bond acceptors (Lipinski definition) is 5. The molecule has 0 saturated carbocycles. The maximum absolute atomic E-state index is 11.9. The second kappa shape index (κ2) is 13.0. The molecule has 6 heteroatoms.